The van der Waals surface area contributed by atoms with Gasteiger partial charge >= 0.3 is 5.97 Å². The molecule has 1 aliphatic heterocycles. The van der Waals surface area contributed by atoms with E-state index in [0.29, 0.717) is 37.6 Å². The maximum absolute atomic E-state index is 12.6. The lowest BCUT2D eigenvalue weighted by atomic mass is 10.1. The summed E-state index contributed by atoms with van der Waals surface area (Å²) in [5.41, 5.74) is 0.611. The predicted molar refractivity (Wildman–Crippen MR) is 119 cm³/mol. The van der Waals surface area contributed by atoms with Gasteiger partial charge in [-0.25, -0.2) is 26.4 Å². The van der Waals surface area contributed by atoms with Gasteiger partial charge in [0.05, 0.1) is 35.7 Å². The Morgan fingerprint density at radius 3 is 2.36 bits per heavy atom. The summed E-state index contributed by atoms with van der Waals surface area (Å²) in [6.45, 7) is 2.96. The molecule has 0 bridgehead atoms. The van der Waals surface area contributed by atoms with Gasteiger partial charge in [0.2, 0.25) is 20.0 Å². The van der Waals surface area contributed by atoms with Crippen molar-refractivity contribution >= 4 is 26.0 Å². The third-order valence-corrected chi connectivity index (χ3v) is 8.51. The third-order valence-electron chi connectivity index (χ3n) is 4.99. The van der Waals surface area contributed by atoms with Gasteiger partial charge < -0.3 is 14.2 Å². The normalized spacial score (nSPS) is 15.2. The lowest BCUT2D eigenvalue weighted by Gasteiger charge is -2.26. The van der Waals surface area contributed by atoms with E-state index < -0.39 is 26.0 Å². The second kappa shape index (κ2) is 10.6. The van der Waals surface area contributed by atoms with Crippen molar-refractivity contribution in [2.45, 2.75) is 16.7 Å². The largest absolute Gasteiger partial charge is 0.492 e. The topological polar surface area (TPSA) is 128 Å². The van der Waals surface area contributed by atoms with Crippen LogP contribution in [0.25, 0.3) is 0 Å². The summed E-state index contributed by atoms with van der Waals surface area (Å²) in [5, 5.41) is 0. The Morgan fingerprint density at radius 1 is 1.06 bits per heavy atom. The summed E-state index contributed by atoms with van der Waals surface area (Å²) in [4.78, 5) is 11.8. The molecule has 2 aromatic carbocycles. The molecule has 0 atom stereocenters. The molecule has 0 aliphatic carbocycles. The van der Waals surface area contributed by atoms with Crippen LogP contribution in [-0.2, 0) is 29.5 Å². The molecule has 1 heterocycles. The number of morpholine rings is 1. The fourth-order valence-corrected chi connectivity index (χ4v) is 5.89. The molecular weight excluding hydrogens is 472 g/mol. The molecule has 180 valence electrons. The van der Waals surface area contributed by atoms with Crippen molar-refractivity contribution in [1.82, 2.24) is 9.03 Å². The summed E-state index contributed by atoms with van der Waals surface area (Å²) < 4.78 is 69.7. The number of sulfonamides is 2. The minimum absolute atomic E-state index is 0.0184. The minimum atomic E-state index is -3.88. The number of hydrogen-bond donors (Lipinski definition) is 1. The first kappa shape index (κ1) is 25.1. The van der Waals surface area contributed by atoms with E-state index in [1.165, 1.54) is 53.9 Å². The molecule has 33 heavy (non-hydrogen) atoms. The standard InChI is InChI=1S/C21H26N2O8S2/c1-16-3-4-17(21(24)29-2)15-20(16)32(25,26)22-9-12-31-18-5-7-19(8-6-18)33(27,28)23-10-13-30-14-11-23/h3-8,15,22H,9-14H2,1-2H3. The van der Waals surface area contributed by atoms with E-state index in [2.05, 4.69) is 9.46 Å². The van der Waals surface area contributed by atoms with Crippen molar-refractivity contribution in [3.63, 3.8) is 0 Å². The van der Waals surface area contributed by atoms with Crippen molar-refractivity contribution in [1.29, 1.82) is 0 Å². The maximum atomic E-state index is 12.6. The number of ether oxygens (including phenoxy) is 3. The smallest absolute Gasteiger partial charge is 0.337 e. The van der Waals surface area contributed by atoms with Gasteiger partial charge in [0.15, 0.2) is 0 Å². The molecule has 0 saturated carbocycles. The molecule has 1 fully saturated rings. The van der Waals surface area contributed by atoms with Crippen LogP contribution in [0.1, 0.15) is 15.9 Å². The number of hydrogen-bond acceptors (Lipinski definition) is 8. The average Bonchev–Trinajstić information content (AvgIpc) is 2.82. The highest BCUT2D eigenvalue weighted by atomic mass is 32.2. The van der Waals surface area contributed by atoms with Crippen LogP contribution in [0.5, 0.6) is 5.75 Å². The fourth-order valence-electron chi connectivity index (χ4n) is 3.20. The Kier molecular flexibility index (Phi) is 8.08. The van der Waals surface area contributed by atoms with Crippen molar-refractivity contribution in [3.8, 4) is 5.75 Å². The molecule has 2 aromatic rings. The molecule has 1 N–H and O–H groups in total. The highest BCUT2D eigenvalue weighted by Crippen LogP contribution is 2.21. The van der Waals surface area contributed by atoms with Gasteiger partial charge in [-0.05, 0) is 48.9 Å². The zero-order valence-corrected chi connectivity index (χ0v) is 19.9. The van der Waals surface area contributed by atoms with Gasteiger partial charge in [0, 0.05) is 19.6 Å². The highest BCUT2D eigenvalue weighted by Gasteiger charge is 2.26. The van der Waals surface area contributed by atoms with Gasteiger partial charge in [-0.2, -0.15) is 4.31 Å². The van der Waals surface area contributed by atoms with Crippen LogP contribution in [0.3, 0.4) is 0 Å². The van der Waals surface area contributed by atoms with Gasteiger partial charge in [-0.15, -0.1) is 0 Å². The number of esters is 1. The fraction of sp³-hybridized carbons (Fsp3) is 0.381. The molecule has 0 amide bonds. The predicted octanol–water partition coefficient (Wildman–Crippen LogP) is 1.16. The van der Waals surface area contributed by atoms with E-state index in [1.807, 2.05) is 0 Å². The van der Waals surface area contributed by atoms with E-state index in [-0.39, 0.29) is 28.5 Å². The number of nitrogens with zero attached hydrogens (tertiary/aromatic N) is 1. The van der Waals surface area contributed by atoms with Gasteiger partial charge in [-0.1, -0.05) is 6.07 Å². The van der Waals surface area contributed by atoms with Crippen LogP contribution in [0.2, 0.25) is 0 Å². The molecule has 12 heteroatoms. The Morgan fingerprint density at radius 2 is 1.73 bits per heavy atom. The van der Waals surface area contributed by atoms with Crippen LogP contribution in [-0.4, -0.2) is 73.7 Å². The van der Waals surface area contributed by atoms with Crippen LogP contribution in [0, 0.1) is 6.92 Å². The summed E-state index contributed by atoms with van der Waals surface area (Å²) in [7, 11) is -6.26. The Bertz CT molecular complexity index is 1190. The molecular formula is C21H26N2O8S2. The quantitative estimate of drug-likeness (QED) is 0.403. The summed E-state index contributed by atoms with van der Waals surface area (Å²) in [6, 6.07) is 10.2. The molecule has 0 spiro atoms. The van der Waals surface area contributed by atoms with E-state index in [0.717, 1.165) is 0 Å². The van der Waals surface area contributed by atoms with Crippen LogP contribution in [0.15, 0.2) is 52.3 Å². The number of methoxy groups -OCH3 is 1. The lowest BCUT2D eigenvalue weighted by Crippen LogP contribution is -2.40. The van der Waals surface area contributed by atoms with Crippen molar-refractivity contribution in [2.24, 2.45) is 0 Å². The second-order valence-corrected chi connectivity index (χ2v) is 10.9. The monoisotopic (exact) mass is 498 g/mol. The Hall–Kier alpha value is -2.51. The maximum Gasteiger partial charge on any atom is 0.337 e. The Balaban J connectivity index is 1.57. The van der Waals surface area contributed by atoms with Crippen molar-refractivity contribution in [3.05, 3.63) is 53.6 Å². The molecule has 3 rings (SSSR count). The van der Waals surface area contributed by atoms with E-state index in [4.69, 9.17) is 9.47 Å². The Labute approximate surface area is 193 Å². The second-order valence-electron chi connectivity index (χ2n) is 7.21. The summed E-state index contributed by atoms with van der Waals surface area (Å²) >= 11 is 0. The highest BCUT2D eigenvalue weighted by molar-refractivity contribution is 7.89. The van der Waals surface area contributed by atoms with Gasteiger partial charge in [0.1, 0.15) is 12.4 Å². The summed E-state index contributed by atoms with van der Waals surface area (Å²) in [5.74, 6) is -0.229. The molecule has 0 unspecified atom stereocenters. The third kappa shape index (κ3) is 6.09. The molecule has 0 radical (unpaired) electrons. The minimum Gasteiger partial charge on any atom is -0.492 e. The number of carbonyl (C=O) groups excluding carboxylic acids is 1. The zero-order chi connectivity index (χ0) is 24.1. The van der Waals surface area contributed by atoms with Gasteiger partial charge in [-0.3, -0.25) is 0 Å². The number of rotatable bonds is 9. The molecule has 10 nitrogen and oxygen atoms in total. The zero-order valence-electron chi connectivity index (χ0n) is 18.3. The average molecular weight is 499 g/mol. The van der Waals surface area contributed by atoms with Crippen LogP contribution < -0.4 is 9.46 Å². The molecule has 1 saturated heterocycles. The van der Waals surface area contributed by atoms with Crippen LogP contribution in [0.4, 0.5) is 0 Å². The molecule has 0 aromatic heterocycles. The van der Waals surface area contributed by atoms with Crippen LogP contribution >= 0.6 is 0 Å². The first-order valence-corrected chi connectivity index (χ1v) is 13.1. The van der Waals surface area contributed by atoms with Crippen molar-refractivity contribution < 1.29 is 35.8 Å². The lowest BCUT2D eigenvalue weighted by molar-refractivity contribution is 0.0600. The van der Waals surface area contributed by atoms with E-state index >= 15 is 0 Å². The SMILES string of the molecule is COC(=O)c1ccc(C)c(S(=O)(=O)NCCOc2ccc(S(=O)(=O)N3CCOCC3)cc2)c1. The first-order valence-electron chi connectivity index (χ1n) is 10.1. The number of aryl methyl sites for hydroxylation is 1. The number of benzene rings is 2. The van der Waals surface area contributed by atoms with Crippen molar-refractivity contribution in [2.75, 3.05) is 46.6 Å². The molecule has 1 aliphatic rings. The van der Waals surface area contributed by atoms with E-state index in [9.17, 15) is 21.6 Å². The van der Waals surface area contributed by atoms with E-state index in [1.54, 1.807) is 6.92 Å². The van der Waals surface area contributed by atoms with Gasteiger partial charge in [0.25, 0.3) is 0 Å². The first-order chi connectivity index (χ1) is 15.6. The number of carbonyl (C=O) groups is 1. The summed E-state index contributed by atoms with van der Waals surface area (Å²) in [6.07, 6.45) is 0. The number of nitrogens with one attached hydrogen (secondary N) is 1.